The molecule has 1 amide bonds. The predicted molar refractivity (Wildman–Crippen MR) is 94.9 cm³/mol. The van der Waals surface area contributed by atoms with E-state index in [0.29, 0.717) is 22.0 Å². The second-order valence-corrected chi connectivity index (χ2v) is 5.84. The van der Waals surface area contributed by atoms with Gasteiger partial charge in [0.2, 0.25) is 0 Å². The Morgan fingerprint density at radius 2 is 1.84 bits per heavy atom. The number of carboxylic acid groups (broad SMARTS) is 1. The Hall–Kier alpha value is -3.05. The molecule has 6 heteroatoms. The lowest BCUT2D eigenvalue weighted by molar-refractivity contribution is -0.136. The lowest BCUT2D eigenvalue weighted by Gasteiger charge is -2.05. The summed E-state index contributed by atoms with van der Waals surface area (Å²) in [5.41, 5.74) is 1.88. The molecule has 0 atom stereocenters. The summed E-state index contributed by atoms with van der Waals surface area (Å²) in [7, 11) is 0. The van der Waals surface area contributed by atoms with Gasteiger partial charge >= 0.3 is 5.97 Å². The number of rotatable bonds is 5. The molecule has 0 spiro atoms. The zero-order valence-corrected chi connectivity index (χ0v) is 13.8. The monoisotopic (exact) mass is 355 g/mol. The largest absolute Gasteiger partial charge is 0.481 e. The molecule has 0 saturated heterocycles. The Morgan fingerprint density at radius 3 is 2.60 bits per heavy atom. The molecule has 0 saturated carbocycles. The number of halogens is 1. The molecule has 0 bridgehead atoms. The standard InChI is InChI=1S/C19H14ClNO4/c20-14-5-2-4-13(11-14)16-7-8-17(25-16)19(24)21-15-6-1-3-12(9-15)10-18(22)23/h1-9,11H,10H2,(H,21,24)(H,22,23). The number of carbonyl (C=O) groups excluding carboxylic acids is 1. The van der Waals surface area contributed by atoms with Crippen molar-refractivity contribution in [1.29, 1.82) is 0 Å². The van der Waals surface area contributed by atoms with Crippen LogP contribution in [0.15, 0.2) is 65.1 Å². The van der Waals surface area contributed by atoms with Crippen molar-refractivity contribution in [2.24, 2.45) is 0 Å². The Bertz CT molecular complexity index is 932. The number of nitrogens with one attached hydrogen (secondary N) is 1. The molecule has 0 unspecified atom stereocenters. The van der Waals surface area contributed by atoms with Gasteiger partial charge in [-0.3, -0.25) is 9.59 Å². The van der Waals surface area contributed by atoms with Gasteiger partial charge in [0.1, 0.15) is 5.76 Å². The fraction of sp³-hybridized carbons (Fsp3) is 0.0526. The number of benzene rings is 2. The molecule has 5 nitrogen and oxygen atoms in total. The first kappa shape index (κ1) is 16.8. The van der Waals surface area contributed by atoms with Crippen molar-refractivity contribution < 1.29 is 19.1 Å². The van der Waals surface area contributed by atoms with Gasteiger partial charge in [0.05, 0.1) is 6.42 Å². The van der Waals surface area contributed by atoms with Gasteiger partial charge in [-0.2, -0.15) is 0 Å². The zero-order valence-electron chi connectivity index (χ0n) is 13.0. The molecular formula is C19H14ClNO4. The van der Waals surface area contributed by atoms with Crippen LogP contribution in [0.1, 0.15) is 16.1 Å². The highest BCUT2D eigenvalue weighted by molar-refractivity contribution is 6.30. The van der Waals surface area contributed by atoms with E-state index in [-0.39, 0.29) is 12.2 Å². The van der Waals surface area contributed by atoms with Crippen LogP contribution in [0.3, 0.4) is 0 Å². The van der Waals surface area contributed by atoms with Gasteiger partial charge in [-0.25, -0.2) is 0 Å². The summed E-state index contributed by atoms with van der Waals surface area (Å²) in [6, 6.07) is 17.1. The maximum Gasteiger partial charge on any atom is 0.307 e. The van der Waals surface area contributed by atoms with E-state index in [1.165, 1.54) is 0 Å². The lowest BCUT2D eigenvalue weighted by atomic mass is 10.1. The van der Waals surface area contributed by atoms with E-state index >= 15 is 0 Å². The Morgan fingerprint density at radius 1 is 1.04 bits per heavy atom. The van der Waals surface area contributed by atoms with E-state index in [1.807, 2.05) is 6.07 Å². The Balaban J connectivity index is 1.75. The van der Waals surface area contributed by atoms with Crippen LogP contribution in [0.4, 0.5) is 5.69 Å². The molecule has 3 rings (SSSR count). The number of aliphatic carboxylic acids is 1. The SMILES string of the molecule is O=C(O)Cc1cccc(NC(=O)c2ccc(-c3cccc(Cl)c3)o2)c1. The maximum absolute atomic E-state index is 12.3. The number of amides is 1. The lowest BCUT2D eigenvalue weighted by Crippen LogP contribution is -2.11. The normalized spacial score (nSPS) is 10.4. The number of hydrogen-bond acceptors (Lipinski definition) is 3. The molecule has 126 valence electrons. The summed E-state index contributed by atoms with van der Waals surface area (Å²) in [5, 5.41) is 12.1. The van der Waals surface area contributed by atoms with Crippen LogP contribution in [0, 0.1) is 0 Å². The summed E-state index contributed by atoms with van der Waals surface area (Å²) in [4.78, 5) is 23.1. The van der Waals surface area contributed by atoms with E-state index in [9.17, 15) is 9.59 Å². The maximum atomic E-state index is 12.3. The van der Waals surface area contributed by atoms with Crippen molar-refractivity contribution in [2.75, 3.05) is 5.32 Å². The average Bonchev–Trinajstić information content (AvgIpc) is 3.05. The molecule has 0 aliphatic heterocycles. The first-order valence-corrected chi connectivity index (χ1v) is 7.87. The molecule has 2 N–H and O–H groups in total. The van der Waals surface area contributed by atoms with E-state index < -0.39 is 11.9 Å². The van der Waals surface area contributed by atoms with E-state index in [0.717, 1.165) is 5.56 Å². The van der Waals surface area contributed by atoms with Crippen LogP contribution in [-0.4, -0.2) is 17.0 Å². The topological polar surface area (TPSA) is 79.5 Å². The first-order chi connectivity index (χ1) is 12.0. The third kappa shape index (κ3) is 4.28. The van der Waals surface area contributed by atoms with E-state index in [4.69, 9.17) is 21.1 Å². The minimum absolute atomic E-state index is 0.108. The molecular weight excluding hydrogens is 342 g/mol. The Kier molecular flexibility index (Phi) is 4.86. The Labute approximate surface area is 148 Å². The van der Waals surface area contributed by atoms with Crippen molar-refractivity contribution >= 4 is 29.2 Å². The summed E-state index contributed by atoms with van der Waals surface area (Å²) < 4.78 is 5.59. The van der Waals surface area contributed by atoms with Crippen molar-refractivity contribution in [3.05, 3.63) is 77.0 Å². The van der Waals surface area contributed by atoms with Gasteiger partial charge < -0.3 is 14.8 Å². The first-order valence-electron chi connectivity index (χ1n) is 7.49. The average molecular weight is 356 g/mol. The summed E-state index contributed by atoms with van der Waals surface area (Å²) >= 11 is 5.96. The summed E-state index contributed by atoms with van der Waals surface area (Å²) in [6.07, 6.45) is -0.108. The van der Waals surface area contributed by atoms with Crippen LogP contribution < -0.4 is 5.32 Å². The smallest absolute Gasteiger partial charge is 0.307 e. The zero-order chi connectivity index (χ0) is 17.8. The summed E-state index contributed by atoms with van der Waals surface area (Å²) in [5.74, 6) is -0.660. The number of carbonyl (C=O) groups is 2. The molecule has 0 aliphatic carbocycles. The van der Waals surface area contributed by atoms with E-state index in [1.54, 1.807) is 54.6 Å². The van der Waals surface area contributed by atoms with Gasteiger partial charge in [-0.1, -0.05) is 35.9 Å². The van der Waals surface area contributed by atoms with Gasteiger partial charge in [0.15, 0.2) is 5.76 Å². The van der Waals surface area contributed by atoms with Crippen LogP contribution in [0.25, 0.3) is 11.3 Å². The third-order valence-corrected chi connectivity index (χ3v) is 3.71. The highest BCUT2D eigenvalue weighted by atomic mass is 35.5. The van der Waals surface area contributed by atoms with Crippen LogP contribution in [-0.2, 0) is 11.2 Å². The van der Waals surface area contributed by atoms with Gasteiger partial charge in [-0.15, -0.1) is 0 Å². The van der Waals surface area contributed by atoms with E-state index in [2.05, 4.69) is 5.32 Å². The summed E-state index contributed by atoms with van der Waals surface area (Å²) in [6.45, 7) is 0. The molecule has 2 aromatic carbocycles. The van der Waals surface area contributed by atoms with Crippen LogP contribution >= 0.6 is 11.6 Å². The fourth-order valence-electron chi connectivity index (χ4n) is 2.38. The molecule has 0 aliphatic rings. The number of hydrogen-bond donors (Lipinski definition) is 2. The molecule has 25 heavy (non-hydrogen) atoms. The quantitative estimate of drug-likeness (QED) is 0.707. The number of furan rings is 1. The minimum Gasteiger partial charge on any atom is -0.481 e. The highest BCUT2D eigenvalue weighted by Gasteiger charge is 2.13. The van der Waals surface area contributed by atoms with Crippen molar-refractivity contribution in [1.82, 2.24) is 0 Å². The number of anilines is 1. The highest BCUT2D eigenvalue weighted by Crippen LogP contribution is 2.25. The molecule has 1 aromatic heterocycles. The van der Waals surface area contributed by atoms with Gasteiger partial charge in [-0.05, 0) is 42.0 Å². The minimum atomic E-state index is -0.930. The molecule has 3 aromatic rings. The number of carboxylic acids is 1. The van der Waals surface area contributed by atoms with Gasteiger partial charge in [0.25, 0.3) is 5.91 Å². The van der Waals surface area contributed by atoms with Crippen molar-refractivity contribution in [2.45, 2.75) is 6.42 Å². The molecule has 0 radical (unpaired) electrons. The van der Waals surface area contributed by atoms with Crippen LogP contribution in [0.2, 0.25) is 5.02 Å². The van der Waals surface area contributed by atoms with Crippen molar-refractivity contribution in [3.8, 4) is 11.3 Å². The second-order valence-electron chi connectivity index (χ2n) is 5.40. The predicted octanol–water partition coefficient (Wildman–Crippen LogP) is 4.48. The second kappa shape index (κ2) is 7.23. The molecule has 1 heterocycles. The fourth-order valence-corrected chi connectivity index (χ4v) is 2.57. The third-order valence-electron chi connectivity index (χ3n) is 3.48. The van der Waals surface area contributed by atoms with Crippen LogP contribution in [0.5, 0.6) is 0 Å². The van der Waals surface area contributed by atoms with Crippen molar-refractivity contribution in [3.63, 3.8) is 0 Å². The molecule has 0 fully saturated rings. The van der Waals surface area contributed by atoms with Gasteiger partial charge in [0, 0.05) is 16.3 Å².